The lowest BCUT2D eigenvalue weighted by Gasteiger charge is -2.08. The molecule has 0 spiro atoms. The first-order valence-electron chi connectivity index (χ1n) is 8.65. The van der Waals surface area contributed by atoms with Crippen molar-refractivity contribution in [1.82, 2.24) is 10.1 Å². The average molecular weight is 369 g/mol. The number of anilines is 1. The van der Waals surface area contributed by atoms with Crippen LogP contribution in [0.5, 0.6) is 11.5 Å². The van der Waals surface area contributed by atoms with Crippen LogP contribution in [0, 0.1) is 5.82 Å². The molecule has 3 rings (SSSR count). The second kappa shape index (κ2) is 8.44. The zero-order chi connectivity index (χ0) is 19.2. The van der Waals surface area contributed by atoms with Crippen molar-refractivity contribution in [2.45, 2.75) is 32.6 Å². The molecular weight excluding hydrogens is 349 g/mol. The lowest BCUT2D eigenvalue weighted by atomic mass is 10.2. The molecule has 0 saturated carbocycles. The molecule has 1 heterocycles. The Morgan fingerprint density at radius 3 is 2.63 bits per heavy atom. The monoisotopic (exact) mass is 369 g/mol. The van der Waals surface area contributed by atoms with Crippen molar-refractivity contribution in [3.05, 3.63) is 66.1 Å². The van der Waals surface area contributed by atoms with Crippen LogP contribution in [0.25, 0.3) is 0 Å². The van der Waals surface area contributed by atoms with E-state index in [-0.39, 0.29) is 24.1 Å². The largest absolute Gasteiger partial charge is 0.457 e. The number of benzene rings is 2. The molecule has 0 saturated heterocycles. The Bertz CT molecular complexity index is 907. The van der Waals surface area contributed by atoms with Crippen molar-refractivity contribution in [2.24, 2.45) is 0 Å². The van der Waals surface area contributed by atoms with Gasteiger partial charge in [0, 0.05) is 30.5 Å². The quantitative estimate of drug-likeness (QED) is 0.653. The first-order chi connectivity index (χ1) is 13.0. The first-order valence-corrected chi connectivity index (χ1v) is 8.65. The third kappa shape index (κ3) is 5.37. The highest BCUT2D eigenvalue weighted by Gasteiger charge is 2.11. The minimum Gasteiger partial charge on any atom is -0.457 e. The predicted molar refractivity (Wildman–Crippen MR) is 98.3 cm³/mol. The SMILES string of the molecule is CC(C)c1noc(CCC(=O)Nc2ccc(Oc3cccc(F)c3)cc2)n1. The number of rotatable bonds is 7. The molecule has 0 aliphatic carbocycles. The molecule has 0 unspecified atom stereocenters. The maximum atomic E-state index is 13.2. The summed E-state index contributed by atoms with van der Waals surface area (Å²) in [6, 6.07) is 12.7. The highest BCUT2D eigenvalue weighted by Crippen LogP contribution is 2.23. The zero-order valence-corrected chi connectivity index (χ0v) is 15.1. The second-order valence-electron chi connectivity index (χ2n) is 6.33. The molecule has 0 radical (unpaired) electrons. The van der Waals surface area contributed by atoms with E-state index in [1.54, 1.807) is 36.4 Å². The predicted octanol–water partition coefficient (Wildman–Crippen LogP) is 4.70. The van der Waals surface area contributed by atoms with Crippen LogP contribution in [-0.4, -0.2) is 16.0 Å². The van der Waals surface area contributed by atoms with Gasteiger partial charge in [-0.3, -0.25) is 4.79 Å². The third-order valence-electron chi connectivity index (χ3n) is 3.74. The summed E-state index contributed by atoms with van der Waals surface area (Å²) in [4.78, 5) is 16.3. The highest BCUT2D eigenvalue weighted by molar-refractivity contribution is 5.90. The Morgan fingerprint density at radius 2 is 1.96 bits per heavy atom. The van der Waals surface area contributed by atoms with Gasteiger partial charge in [-0.25, -0.2) is 4.39 Å². The number of carbonyl (C=O) groups is 1. The van der Waals surface area contributed by atoms with Crippen LogP contribution < -0.4 is 10.1 Å². The van der Waals surface area contributed by atoms with E-state index in [9.17, 15) is 9.18 Å². The minimum absolute atomic E-state index is 0.155. The van der Waals surface area contributed by atoms with Gasteiger partial charge in [-0.2, -0.15) is 4.98 Å². The van der Waals surface area contributed by atoms with Crippen molar-refractivity contribution in [2.75, 3.05) is 5.32 Å². The molecular formula is C20H20FN3O3. The molecule has 0 aliphatic heterocycles. The number of ether oxygens (including phenoxy) is 1. The smallest absolute Gasteiger partial charge is 0.227 e. The van der Waals surface area contributed by atoms with Gasteiger partial charge < -0.3 is 14.6 Å². The van der Waals surface area contributed by atoms with Gasteiger partial charge in [0.1, 0.15) is 17.3 Å². The van der Waals surface area contributed by atoms with E-state index in [4.69, 9.17) is 9.26 Å². The van der Waals surface area contributed by atoms with E-state index in [2.05, 4.69) is 15.5 Å². The Labute approximate surface area is 156 Å². The van der Waals surface area contributed by atoms with Gasteiger partial charge >= 0.3 is 0 Å². The van der Waals surface area contributed by atoms with Crippen LogP contribution in [-0.2, 0) is 11.2 Å². The van der Waals surface area contributed by atoms with E-state index in [1.807, 2.05) is 13.8 Å². The number of aryl methyl sites for hydroxylation is 1. The van der Waals surface area contributed by atoms with Gasteiger partial charge in [0.25, 0.3) is 0 Å². The number of hydrogen-bond acceptors (Lipinski definition) is 5. The number of halogens is 1. The Morgan fingerprint density at radius 1 is 1.19 bits per heavy atom. The summed E-state index contributed by atoms with van der Waals surface area (Å²) < 4.78 is 23.9. The molecule has 0 bridgehead atoms. The lowest BCUT2D eigenvalue weighted by molar-refractivity contribution is -0.116. The number of hydrogen-bond donors (Lipinski definition) is 1. The van der Waals surface area contributed by atoms with Crippen molar-refractivity contribution in [1.29, 1.82) is 0 Å². The molecule has 1 N–H and O–H groups in total. The molecule has 1 amide bonds. The molecule has 2 aromatic carbocycles. The fourth-order valence-corrected chi connectivity index (χ4v) is 2.32. The Hall–Kier alpha value is -3.22. The first kappa shape index (κ1) is 18.6. The molecule has 0 fully saturated rings. The van der Waals surface area contributed by atoms with Gasteiger partial charge in [-0.15, -0.1) is 0 Å². The van der Waals surface area contributed by atoms with Gasteiger partial charge in [0.15, 0.2) is 5.82 Å². The Balaban J connectivity index is 1.50. The molecule has 7 heteroatoms. The maximum Gasteiger partial charge on any atom is 0.227 e. The van der Waals surface area contributed by atoms with Crippen molar-refractivity contribution >= 4 is 11.6 Å². The van der Waals surface area contributed by atoms with Crippen molar-refractivity contribution in [3.63, 3.8) is 0 Å². The van der Waals surface area contributed by atoms with Crippen LogP contribution in [0.3, 0.4) is 0 Å². The van der Waals surface area contributed by atoms with E-state index in [1.165, 1.54) is 12.1 Å². The summed E-state index contributed by atoms with van der Waals surface area (Å²) >= 11 is 0. The van der Waals surface area contributed by atoms with Gasteiger partial charge in [-0.1, -0.05) is 25.1 Å². The number of carbonyl (C=O) groups excluding carboxylic acids is 1. The average Bonchev–Trinajstić information content (AvgIpc) is 3.11. The Kier molecular flexibility index (Phi) is 5.80. The normalized spacial score (nSPS) is 10.8. The minimum atomic E-state index is -0.363. The van der Waals surface area contributed by atoms with Crippen LogP contribution in [0.2, 0.25) is 0 Å². The van der Waals surface area contributed by atoms with Gasteiger partial charge in [-0.05, 0) is 36.4 Å². The highest BCUT2D eigenvalue weighted by atomic mass is 19.1. The molecule has 3 aromatic rings. The second-order valence-corrected chi connectivity index (χ2v) is 6.33. The molecule has 27 heavy (non-hydrogen) atoms. The zero-order valence-electron chi connectivity index (χ0n) is 15.1. The van der Waals surface area contributed by atoms with E-state index >= 15 is 0 Å². The topological polar surface area (TPSA) is 77.2 Å². The number of amides is 1. The summed E-state index contributed by atoms with van der Waals surface area (Å²) in [6.45, 7) is 3.95. The fraction of sp³-hybridized carbons (Fsp3) is 0.250. The van der Waals surface area contributed by atoms with Gasteiger partial charge in [0.05, 0.1) is 0 Å². The molecule has 0 atom stereocenters. The molecule has 1 aromatic heterocycles. The summed E-state index contributed by atoms with van der Waals surface area (Å²) in [7, 11) is 0. The molecule has 140 valence electrons. The van der Waals surface area contributed by atoms with Crippen molar-refractivity contribution in [3.8, 4) is 11.5 Å². The summed E-state index contributed by atoms with van der Waals surface area (Å²) in [6.07, 6.45) is 0.619. The van der Waals surface area contributed by atoms with Crippen LogP contribution >= 0.6 is 0 Å². The summed E-state index contributed by atoms with van der Waals surface area (Å²) in [5.41, 5.74) is 0.639. The lowest BCUT2D eigenvalue weighted by Crippen LogP contribution is -2.12. The summed E-state index contributed by atoms with van der Waals surface area (Å²) in [5, 5.41) is 6.67. The summed E-state index contributed by atoms with van der Waals surface area (Å²) in [5.74, 6) is 1.71. The fourth-order valence-electron chi connectivity index (χ4n) is 2.32. The standard InChI is InChI=1S/C20H20FN3O3/c1-13(2)20-23-19(27-24-20)11-10-18(25)22-15-6-8-16(9-7-15)26-17-5-3-4-14(21)12-17/h3-9,12-13H,10-11H2,1-2H3,(H,22,25). The molecule has 0 aliphatic rings. The van der Waals surface area contributed by atoms with Gasteiger partial charge in [0.2, 0.25) is 11.8 Å². The van der Waals surface area contributed by atoms with E-state index < -0.39 is 0 Å². The molecule has 6 nitrogen and oxygen atoms in total. The maximum absolute atomic E-state index is 13.2. The number of aromatic nitrogens is 2. The van der Waals surface area contributed by atoms with Crippen LogP contribution in [0.1, 0.15) is 37.9 Å². The van der Waals surface area contributed by atoms with E-state index in [0.717, 1.165) is 0 Å². The van der Waals surface area contributed by atoms with E-state index in [0.29, 0.717) is 35.3 Å². The van der Waals surface area contributed by atoms with Crippen LogP contribution in [0.15, 0.2) is 53.1 Å². The third-order valence-corrected chi connectivity index (χ3v) is 3.74. The van der Waals surface area contributed by atoms with Crippen molar-refractivity contribution < 1.29 is 18.4 Å². The van der Waals surface area contributed by atoms with Crippen LogP contribution in [0.4, 0.5) is 10.1 Å². The number of nitrogens with one attached hydrogen (secondary N) is 1. The number of nitrogens with zero attached hydrogens (tertiary/aromatic N) is 2.